The molecule has 4 heteroatoms. The molecular weight excluding hydrogens is 140 g/mol. The van der Waals surface area contributed by atoms with Gasteiger partial charge in [-0.2, -0.15) is 4.79 Å². The minimum absolute atomic E-state index is 0.701. The zero-order valence-electron chi connectivity index (χ0n) is 6.15. The Bertz CT molecular complexity index is 390. The maximum atomic E-state index is 5.41. The fraction of sp³-hybridized carbons (Fsp3) is 0.143. The normalized spacial score (nSPS) is 10.6. The molecule has 0 aliphatic rings. The number of nitrogens with two attached hydrogens (primary N) is 1. The first-order valence-electron chi connectivity index (χ1n) is 3.34. The molecule has 0 amide bonds. The monoisotopic (exact) mass is 148 g/mol. The molecule has 2 rings (SSSR count). The first kappa shape index (κ1) is 6.15. The molecule has 0 aliphatic heterocycles. The molecule has 0 unspecified atom stereocenters. The molecule has 0 saturated heterocycles. The lowest BCUT2D eigenvalue weighted by Crippen LogP contribution is -2.07. The first-order chi connectivity index (χ1) is 5.25. The van der Waals surface area contributed by atoms with Crippen LogP contribution in [0.5, 0.6) is 0 Å². The summed E-state index contributed by atoms with van der Waals surface area (Å²) < 4.78 is 0. The molecule has 56 valence electrons. The van der Waals surface area contributed by atoms with Crippen LogP contribution in [0.15, 0.2) is 18.3 Å². The predicted molar refractivity (Wildman–Crippen MR) is 42.4 cm³/mol. The van der Waals surface area contributed by atoms with Crippen molar-refractivity contribution in [2.45, 2.75) is 6.92 Å². The van der Waals surface area contributed by atoms with Gasteiger partial charge in [-0.05, 0) is 19.1 Å². The van der Waals surface area contributed by atoms with Crippen LogP contribution in [0.25, 0.3) is 11.0 Å². The van der Waals surface area contributed by atoms with Gasteiger partial charge in [0.05, 0.1) is 6.20 Å². The molecule has 0 radical (unpaired) electrons. The molecule has 0 spiro atoms. The molecule has 0 aromatic carbocycles. The molecular formula is C7H8N4. The van der Waals surface area contributed by atoms with Crippen LogP contribution in [0.3, 0.4) is 0 Å². The van der Waals surface area contributed by atoms with Gasteiger partial charge < -0.3 is 5.84 Å². The summed E-state index contributed by atoms with van der Waals surface area (Å²) in [6.07, 6.45) is 1.74. The third-order valence-electron chi connectivity index (χ3n) is 1.53. The lowest BCUT2D eigenvalue weighted by molar-refractivity contribution is 0.840. The Morgan fingerprint density at radius 2 is 2.27 bits per heavy atom. The van der Waals surface area contributed by atoms with Crippen molar-refractivity contribution in [1.82, 2.24) is 14.9 Å². The number of hydrogen-bond acceptors (Lipinski definition) is 3. The average molecular weight is 148 g/mol. The van der Waals surface area contributed by atoms with Gasteiger partial charge in [0.1, 0.15) is 0 Å². The van der Waals surface area contributed by atoms with Gasteiger partial charge in [-0.15, -0.1) is 5.10 Å². The number of rotatable bonds is 0. The van der Waals surface area contributed by atoms with Gasteiger partial charge in [-0.3, -0.25) is 0 Å². The van der Waals surface area contributed by atoms with Crippen molar-refractivity contribution in [3.05, 3.63) is 24.0 Å². The molecule has 2 heterocycles. The fourth-order valence-corrected chi connectivity index (χ4v) is 1.02. The summed E-state index contributed by atoms with van der Waals surface area (Å²) in [5.41, 5.74) is 1.66. The number of fused-ring (bicyclic) bond motifs is 1. The van der Waals surface area contributed by atoms with Gasteiger partial charge >= 0.3 is 0 Å². The SMILES string of the molecule is Cc1ccc2cn(N)nc2n1. The van der Waals surface area contributed by atoms with E-state index in [4.69, 9.17) is 5.84 Å². The Hall–Kier alpha value is -1.58. The first-order valence-corrected chi connectivity index (χ1v) is 3.34. The highest BCUT2D eigenvalue weighted by atomic mass is 15.5. The smallest absolute Gasteiger partial charge is 0.183 e. The number of aromatic nitrogens is 3. The lowest BCUT2D eigenvalue weighted by atomic mass is 10.3. The molecule has 0 bridgehead atoms. The van der Waals surface area contributed by atoms with Crippen molar-refractivity contribution in [3.63, 3.8) is 0 Å². The van der Waals surface area contributed by atoms with Gasteiger partial charge in [0.25, 0.3) is 0 Å². The van der Waals surface area contributed by atoms with Crippen molar-refractivity contribution in [2.75, 3.05) is 5.84 Å². The molecule has 0 saturated carbocycles. The van der Waals surface area contributed by atoms with Crippen LogP contribution in [0, 0.1) is 6.92 Å². The van der Waals surface area contributed by atoms with Crippen LogP contribution < -0.4 is 5.84 Å². The van der Waals surface area contributed by atoms with Crippen molar-refractivity contribution in [3.8, 4) is 0 Å². The average Bonchev–Trinajstić information content (AvgIpc) is 2.27. The molecule has 4 nitrogen and oxygen atoms in total. The van der Waals surface area contributed by atoms with E-state index in [1.54, 1.807) is 6.20 Å². The molecule has 2 N–H and O–H groups in total. The fourth-order valence-electron chi connectivity index (χ4n) is 1.02. The number of nitrogens with zero attached hydrogens (tertiary/aromatic N) is 3. The zero-order chi connectivity index (χ0) is 7.84. The van der Waals surface area contributed by atoms with E-state index in [0.717, 1.165) is 11.1 Å². The van der Waals surface area contributed by atoms with Gasteiger partial charge in [-0.1, -0.05) is 0 Å². The Labute approximate surface area is 63.6 Å². The predicted octanol–water partition coefficient (Wildman–Crippen LogP) is 0.454. The minimum atomic E-state index is 0.701. The Morgan fingerprint density at radius 3 is 3.09 bits per heavy atom. The van der Waals surface area contributed by atoms with E-state index >= 15 is 0 Å². The molecule has 2 aromatic heterocycles. The number of nitrogen functional groups attached to an aromatic ring is 1. The largest absolute Gasteiger partial charge is 0.323 e. The minimum Gasteiger partial charge on any atom is -0.323 e. The maximum Gasteiger partial charge on any atom is 0.183 e. The van der Waals surface area contributed by atoms with E-state index < -0.39 is 0 Å². The second kappa shape index (κ2) is 1.95. The van der Waals surface area contributed by atoms with Crippen LogP contribution >= 0.6 is 0 Å². The van der Waals surface area contributed by atoms with E-state index in [2.05, 4.69) is 10.1 Å². The molecule has 0 atom stereocenters. The highest BCUT2D eigenvalue weighted by Crippen LogP contribution is 2.07. The van der Waals surface area contributed by atoms with Crippen LogP contribution in [0.1, 0.15) is 5.69 Å². The second-order valence-electron chi connectivity index (χ2n) is 2.47. The zero-order valence-corrected chi connectivity index (χ0v) is 6.15. The topological polar surface area (TPSA) is 56.7 Å². The Morgan fingerprint density at radius 1 is 1.45 bits per heavy atom. The standard InChI is InChI=1S/C7H8N4/c1-5-2-3-6-4-11(8)10-7(6)9-5/h2-4H,8H2,1H3. The van der Waals surface area contributed by atoms with Crippen LogP contribution in [-0.2, 0) is 0 Å². The van der Waals surface area contributed by atoms with Crippen molar-refractivity contribution in [2.24, 2.45) is 0 Å². The Kier molecular flexibility index (Phi) is 1.09. The highest BCUT2D eigenvalue weighted by Gasteiger charge is 1.98. The van der Waals surface area contributed by atoms with Crippen LogP contribution in [-0.4, -0.2) is 14.9 Å². The quantitative estimate of drug-likeness (QED) is 0.552. The maximum absolute atomic E-state index is 5.41. The van der Waals surface area contributed by atoms with E-state index in [1.165, 1.54) is 4.79 Å². The van der Waals surface area contributed by atoms with E-state index in [9.17, 15) is 0 Å². The molecule has 0 aliphatic carbocycles. The van der Waals surface area contributed by atoms with Gasteiger partial charge in [-0.25, -0.2) is 4.98 Å². The highest BCUT2D eigenvalue weighted by molar-refractivity contribution is 5.73. The van der Waals surface area contributed by atoms with Crippen molar-refractivity contribution < 1.29 is 0 Å². The van der Waals surface area contributed by atoms with Gasteiger partial charge in [0.15, 0.2) is 5.65 Å². The number of pyridine rings is 1. The Balaban J connectivity index is 2.82. The van der Waals surface area contributed by atoms with Gasteiger partial charge in [0.2, 0.25) is 0 Å². The molecule has 0 fully saturated rings. The molecule has 2 aromatic rings. The molecule has 11 heavy (non-hydrogen) atoms. The third-order valence-corrected chi connectivity index (χ3v) is 1.53. The number of aryl methyl sites for hydroxylation is 1. The summed E-state index contributed by atoms with van der Waals surface area (Å²) in [5.74, 6) is 5.41. The summed E-state index contributed by atoms with van der Waals surface area (Å²) in [6, 6.07) is 3.89. The van der Waals surface area contributed by atoms with Crippen LogP contribution in [0.4, 0.5) is 0 Å². The summed E-state index contributed by atoms with van der Waals surface area (Å²) in [4.78, 5) is 5.46. The third kappa shape index (κ3) is 0.920. The van der Waals surface area contributed by atoms with Crippen molar-refractivity contribution in [1.29, 1.82) is 0 Å². The second-order valence-corrected chi connectivity index (χ2v) is 2.47. The van der Waals surface area contributed by atoms with Crippen molar-refractivity contribution >= 4 is 11.0 Å². The lowest BCUT2D eigenvalue weighted by Gasteiger charge is -1.87. The summed E-state index contributed by atoms with van der Waals surface area (Å²) in [7, 11) is 0. The van der Waals surface area contributed by atoms with Gasteiger partial charge in [0, 0.05) is 11.1 Å². The summed E-state index contributed by atoms with van der Waals surface area (Å²) >= 11 is 0. The van der Waals surface area contributed by atoms with E-state index in [0.29, 0.717) is 5.65 Å². The number of hydrogen-bond donors (Lipinski definition) is 1. The summed E-state index contributed by atoms with van der Waals surface area (Å²) in [6.45, 7) is 1.93. The van der Waals surface area contributed by atoms with E-state index in [-0.39, 0.29) is 0 Å². The summed E-state index contributed by atoms with van der Waals surface area (Å²) in [5, 5.41) is 4.93. The van der Waals surface area contributed by atoms with E-state index in [1.807, 2.05) is 19.1 Å². The van der Waals surface area contributed by atoms with Crippen LogP contribution in [0.2, 0.25) is 0 Å².